The fourth-order valence-corrected chi connectivity index (χ4v) is 4.07. The van der Waals surface area contributed by atoms with Crippen molar-refractivity contribution in [2.24, 2.45) is 0 Å². The summed E-state index contributed by atoms with van der Waals surface area (Å²) in [7, 11) is 0. The minimum atomic E-state index is -0.0779. The molecule has 3 nitrogen and oxygen atoms in total. The van der Waals surface area contributed by atoms with Crippen LogP contribution in [0.5, 0.6) is 0 Å². The molecule has 0 radical (unpaired) electrons. The number of rotatable bonds is 5. The summed E-state index contributed by atoms with van der Waals surface area (Å²) in [6, 6.07) is 17.8. The van der Waals surface area contributed by atoms with Crippen molar-refractivity contribution in [2.45, 2.75) is 31.4 Å². The number of hydrogen-bond donors (Lipinski definition) is 2. The van der Waals surface area contributed by atoms with Crippen LogP contribution >= 0.6 is 0 Å². The summed E-state index contributed by atoms with van der Waals surface area (Å²) in [6.45, 7) is 4.22. The van der Waals surface area contributed by atoms with E-state index in [1.165, 1.54) is 22.3 Å². The molecule has 3 heteroatoms. The zero-order valence-corrected chi connectivity index (χ0v) is 14.1. The summed E-state index contributed by atoms with van der Waals surface area (Å²) >= 11 is 0. The second-order valence-electron chi connectivity index (χ2n) is 6.99. The first-order chi connectivity index (χ1) is 11.8. The largest absolute Gasteiger partial charge is 0.393 e. The lowest BCUT2D eigenvalue weighted by Gasteiger charge is -2.29. The fourth-order valence-electron chi connectivity index (χ4n) is 4.07. The molecule has 0 unspecified atom stereocenters. The first kappa shape index (κ1) is 15.8. The smallest absolute Gasteiger partial charge is 0.0588 e. The molecule has 2 N–H and O–H groups in total. The average molecular weight is 322 g/mol. The Kier molecular flexibility index (Phi) is 4.65. The summed E-state index contributed by atoms with van der Waals surface area (Å²) in [5, 5.41) is 13.4. The van der Waals surface area contributed by atoms with Crippen LogP contribution in [0, 0.1) is 0 Å². The van der Waals surface area contributed by atoms with Crippen LogP contribution in [-0.4, -0.2) is 42.3 Å². The fraction of sp³-hybridized carbons (Fsp3) is 0.429. The van der Waals surface area contributed by atoms with Crippen molar-refractivity contribution in [1.82, 2.24) is 10.2 Å². The first-order valence-electron chi connectivity index (χ1n) is 9.15. The molecule has 24 heavy (non-hydrogen) atoms. The van der Waals surface area contributed by atoms with Gasteiger partial charge < -0.3 is 15.3 Å². The van der Waals surface area contributed by atoms with Crippen molar-refractivity contribution >= 4 is 0 Å². The molecule has 0 bridgehead atoms. The number of hydrogen-bond acceptors (Lipinski definition) is 3. The molecular formula is C21H26N2O. The van der Waals surface area contributed by atoms with E-state index >= 15 is 0 Å². The predicted molar refractivity (Wildman–Crippen MR) is 98.0 cm³/mol. The lowest BCUT2D eigenvalue weighted by Crippen LogP contribution is -2.37. The normalized spacial score (nSPS) is 18.5. The quantitative estimate of drug-likeness (QED) is 0.830. The molecule has 4 rings (SSSR count). The van der Waals surface area contributed by atoms with E-state index in [4.69, 9.17) is 0 Å². The predicted octanol–water partition coefficient (Wildman–Crippen LogP) is 3.19. The van der Waals surface area contributed by atoms with Crippen molar-refractivity contribution in [3.63, 3.8) is 0 Å². The van der Waals surface area contributed by atoms with Gasteiger partial charge >= 0.3 is 0 Å². The Hall–Kier alpha value is -1.68. The van der Waals surface area contributed by atoms with Gasteiger partial charge in [-0.15, -0.1) is 0 Å². The molecule has 1 aliphatic carbocycles. The third-order valence-corrected chi connectivity index (χ3v) is 5.39. The Morgan fingerprint density at radius 3 is 2.12 bits per heavy atom. The molecule has 1 heterocycles. The van der Waals surface area contributed by atoms with Crippen LogP contribution in [0.15, 0.2) is 48.5 Å². The van der Waals surface area contributed by atoms with Crippen molar-refractivity contribution in [3.05, 3.63) is 59.7 Å². The summed E-state index contributed by atoms with van der Waals surface area (Å²) in [5.41, 5.74) is 5.55. The molecule has 1 saturated heterocycles. The molecule has 2 aromatic carbocycles. The standard InChI is InChI=1S/C21H26N2O/c24-16-10-14-23(15-11-16)13-5-12-22-21-19-8-3-1-6-17(19)18-7-2-4-9-20(18)21/h1-4,6-9,16,21-22,24H,5,10-15H2. The van der Waals surface area contributed by atoms with E-state index in [0.717, 1.165) is 45.4 Å². The molecule has 2 aromatic rings. The Morgan fingerprint density at radius 2 is 1.50 bits per heavy atom. The Morgan fingerprint density at radius 1 is 0.917 bits per heavy atom. The molecule has 126 valence electrons. The van der Waals surface area contributed by atoms with Gasteiger partial charge in [0.05, 0.1) is 12.1 Å². The van der Waals surface area contributed by atoms with Gasteiger partial charge in [-0.05, 0) is 54.6 Å². The van der Waals surface area contributed by atoms with E-state index in [0.29, 0.717) is 6.04 Å². The lowest BCUT2D eigenvalue weighted by atomic mass is 10.1. The molecule has 2 aliphatic rings. The Balaban J connectivity index is 1.37. The molecule has 0 aromatic heterocycles. The van der Waals surface area contributed by atoms with Crippen LogP contribution in [0.2, 0.25) is 0 Å². The monoisotopic (exact) mass is 322 g/mol. The molecule has 0 spiro atoms. The first-order valence-corrected chi connectivity index (χ1v) is 9.15. The second-order valence-corrected chi connectivity index (χ2v) is 6.99. The van der Waals surface area contributed by atoms with E-state index in [-0.39, 0.29) is 6.10 Å². The van der Waals surface area contributed by atoms with Crippen LogP contribution in [0.4, 0.5) is 0 Å². The summed E-state index contributed by atoms with van der Waals surface area (Å²) in [4.78, 5) is 2.48. The molecular weight excluding hydrogens is 296 g/mol. The third-order valence-electron chi connectivity index (χ3n) is 5.39. The Labute approximate surface area is 144 Å². The summed E-state index contributed by atoms with van der Waals surface area (Å²) in [5.74, 6) is 0. The van der Waals surface area contributed by atoms with Gasteiger partial charge in [-0.2, -0.15) is 0 Å². The SMILES string of the molecule is OC1CCN(CCCNC2c3ccccc3-c3ccccc32)CC1. The van der Waals surface area contributed by atoms with Gasteiger partial charge in [0.2, 0.25) is 0 Å². The van der Waals surface area contributed by atoms with Crippen LogP contribution in [0.3, 0.4) is 0 Å². The highest BCUT2D eigenvalue weighted by atomic mass is 16.3. The summed E-state index contributed by atoms with van der Waals surface area (Å²) in [6.07, 6.45) is 2.93. The number of piperidine rings is 1. The van der Waals surface area contributed by atoms with Crippen molar-refractivity contribution in [3.8, 4) is 11.1 Å². The highest BCUT2D eigenvalue weighted by Crippen LogP contribution is 2.42. The number of aliphatic hydroxyl groups excluding tert-OH is 1. The van der Waals surface area contributed by atoms with E-state index in [9.17, 15) is 5.11 Å². The number of nitrogens with one attached hydrogen (secondary N) is 1. The molecule has 1 aliphatic heterocycles. The number of nitrogens with zero attached hydrogens (tertiary/aromatic N) is 1. The molecule has 0 amide bonds. The van der Waals surface area contributed by atoms with E-state index in [2.05, 4.69) is 58.7 Å². The van der Waals surface area contributed by atoms with Crippen molar-refractivity contribution < 1.29 is 5.11 Å². The van der Waals surface area contributed by atoms with Crippen molar-refractivity contribution in [2.75, 3.05) is 26.2 Å². The van der Waals surface area contributed by atoms with Crippen LogP contribution in [0.1, 0.15) is 36.4 Å². The zero-order valence-electron chi connectivity index (χ0n) is 14.1. The van der Waals surface area contributed by atoms with E-state index in [1.807, 2.05) is 0 Å². The number of fused-ring (bicyclic) bond motifs is 3. The number of likely N-dealkylation sites (tertiary alicyclic amines) is 1. The van der Waals surface area contributed by atoms with E-state index < -0.39 is 0 Å². The maximum absolute atomic E-state index is 9.59. The van der Waals surface area contributed by atoms with Gasteiger partial charge in [0.1, 0.15) is 0 Å². The van der Waals surface area contributed by atoms with Crippen molar-refractivity contribution in [1.29, 1.82) is 0 Å². The molecule has 0 atom stereocenters. The topological polar surface area (TPSA) is 35.5 Å². The van der Waals surface area contributed by atoms with Crippen LogP contribution < -0.4 is 5.32 Å². The van der Waals surface area contributed by atoms with Gasteiger partial charge in [0, 0.05) is 13.1 Å². The van der Waals surface area contributed by atoms with Gasteiger partial charge in [-0.1, -0.05) is 48.5 Å². The molecule has 0 saturated carbocycles. The minimum Gasteiger partial charge on any atom is -0.393 e. The van der Waals surface area contributed by atoms with Gasteiger partial charge in [0.25, 0.3) is 0 Å². The zero-order chi connectivity index (χ0) is 16.4. The maximum Gasteiger partial charge on any atom is 0.0588 e. The lowest BCUT2D eigenvalue weighted by molar-refractivity contribution is 0.0820. The van der Waals surface area contributed by atoms with E-state index in [1.54, 1.807) is 0 Å². The maximum atomic E-state index is 9.59. The molecule has 1 fully saturated rings. The van der Waals surface area contributed by atoms with Crippen LogP contribution in [-0.2, 0) is 0 Å². The third kappa shape index (κ3) is 3.12. The Bertz CT molecular complexity index is 646. The second kappa shape index (κ2) is 7.06. The highest BCUT2D eigenvalue weighted by molar-refractivity contribution is 5.78. The van der Waals surface area contributed by atoms with Gasteiger partial charge in [0.15, 0.2) is 0 Å². The highest BCUT2D eigenvalue weighted by Gasteiger charge is 2.27. The number of aliphatic hydroxyl groups is 1. The van der Waals surface area contributed by atoms with Crippen LogP contribution in [0.25, 0.3) is 11.1 Å². The van der Waals surface area contributed by atoms with Gasteiger partial charge in [-0.25, -0.2) is 0 Å². The van der Waals surface area contributed by atoms with Gasteiger partial charge in [-0.3, -0.25) is 0 Å². The average Bonchev–Trinajstić information content (AvgIpc) is 2.95. The summed E-state index contributed by atoms with van der Waals surface area (Å²) < 4.78 is 0. The number of benzene rings is 2. The minimum absolute atomic E-state index is 0.0779.